The molecule has 1 amide bonds. The van der Waals surface area contributed by atoms with E-state index in [0.29, 0.717) is 22.7 Å². The third kappa shape index (κ3) is 3.39. The average molecular weight is 367 g/mol. The fraction of sp³-hybridized carbons (Fsp3) is 0.375. The minimum absolute atomic E-state index is 0.0487. The van der Waals surface area contributed by atoms with Crippen LogP contribution in [0.15, 0.2) is 22.8 Å². The molecular formula is C16H16F3N5O2. The van der Waals surface area contributed by atoms with E-state index in [1.165, 1.54) is 6.26 Å². The molecular weight excluding hydrogens is 351 g/mol. The molecule has 3 aromatic heterocycles. The van der Waals surface area contributed by atoms with Gasteiger partial charge >= 0.3 is 6.18 Å². The Kier molecular flexibility index (Phi) is 4.43. The van der Waals surface area contributed by atoms with Crippen LogP contribution < -0.4 is 5.32 Å². The van der Waals surface area contributed by atoms with E-state index in [9.17, 15) is 18.0 Å². The molecule has 1 unspecified atom stereocenters. The van der Waals surface area contributed by atoms with Crippen molar-refractivity contribution in [3.63, 3.8) is 0 Å². The van der Waals surface area contributed by atoms with Crippen LogP contribution in [0.25, 0.3) is 5.78 Å². The topological polar surface area (TPSA) is 85.3 Å². The van der Waals surface area contributed by atoms with Gasteiger partial charge in [0, 0.05) is 17.0 Å². The highest BCUT2D eigenvalue weighted by Gasteiger charge is 2.37. The first-order chi connectivity index (χ1) is 12.2. The summed E-state index contributed by atoms with van der Waals surface area (Å²) in [5.74, 6) is -1.12. The maximum absolute atomic E-state index is 12.8. The van der Waals surface area contributed by atoms with E-state index >= 15 is 0 Å². The van der Waals surface area contributed by atoms with Crippen LogP contribution in [0, 0.1) is 13.8 Å². The van der Waals surface area contributed by atoms with Gasteiger partial charge in [-0.05, 0) is 32.9 Å². The van der Waals surface area contributed by atoms with Crippen LogP contribution in [-0.2, 0) is 17.4 Å². The number of aryl methyl sites for hydroxylation is 2. The average Bonchev–Trinajstić information content (AvgIpc) is 3.20. The standard InChI is InChI=1S/C16H16F3N5O2/c1-8-11(7-13(25)20-9(2)12-5-4-6-26-12)10(3)24-15(21-8)22-14(23-24)16(17,18)19/h4-6,9H,7H2,1-3H3,(H,20,25). The van der Waals surface area contributed by atoms with Crippen molar-refractivity contribution in [3.05, 3.63) is 46.9 Å². The number of nitrogens with zero attached hydrogens (tertiary/aromatic N) is 4. The van der Waals surface area contributed by atoms with Crippen molar-refractivity contribution in [2.24, 2.45) is 0 Å². The zero-order valence-corrected chi connectivity index (χ0v) is 14.3. The summed E-state index contributed by atoms with van der Waals surface area (Å²) >= 11 is 0. The number of rotatable bonds is 4. The Bertz CT molecular complexity index is 947. The molecule has 3 rings (SSSR count). The quantitative estimate of drug-likeness (QED) is 0.766. The number of amides is 1. The molecule has 1 atom stereocenters. The highest BCUT2D eigenvalue weighted by molar-refractivity contribution is 5.79. The molecule has 138 valence electrons. The number of aromatic nitrogens is 4. The van der Waals surface area contributed by atoms with Gasteiger partial charge in [0.1, 0.15) is 5.76 Å². The molecule has 0 aliphatic carbocycles. The molecule has 0 fully saturated rings. The lowest BCUT2D eigenvalue weighted by atomic mass is 10.1. The third-order valence-electron chi connectivity index (χ3n) is 3.99. The summed E-state index contributed by atoms with van der Waals surface area (Å²) in [4.78, 5) is 19.8. The summed E-state index contributed by atoms with van der Waals surface area (Å²) in [6.45, 7) is 4.97. The van der Waals surface area contributed by atoms with E-state index in [1.807, 2.05) is 0 Å². The Labute approximate surface area is 146 Å². The van der Waals surface area contributed by atoms with Crippen molar-refractivity contribution in [2.75, 3.05) is 0 Å². The van der Waals surface area contributed by atoms with Crippen molar-refractivity contribution in [1.82, 2.24) is 24.9 Å². The van der Waals surface area contributed by atoms with Crippen LogP contribution >= 0.6 is 0 Å². The fourth-order valence-corrected chi connectivity index (χ4v) is 2.65. The summed E-state index contributed by atoms with van der Waals surface area (Å²) in [5, 5.41) is 6.24. The summed E-state index contributed by atoms with van der Waals surface area (Å²) in [7, 11) is 0. The van der Waals surface area contributed by atoms with Crippen LogP contribution in [0.4, 0.5) is 13.2 Å². The van der Waals surface area contributed by atoms with Crippen LogP contribution in [0.5, 0.6) is 0 Å². The number of carbonyl (C=O) groups is 1. The summed E-state index contributed by atoms with van der Waals surface area (Å²) in [5.41, 5.74) is 1.31. The van der Waals surface area contributed by atoms with Crippen LogP contribution in [0.3, 0.4) is 0 Å². The molecule has 7 nitrogen and oxygen atoms in total. The SMILES string of the molecule is Cc1nc2nc(C(F)(F)F)nn2c(C)c1CC(=O)NC(C)c1ccco1. The number of furan rings is 1. The maximum atomic E-state index is 12.8. The minimum Gasteiger partial charge on any atom is -0.467 e. The third-order valence-corrected chi connectivity index (χ3v) is 3.99. The molecule has 0 bridgehead atoms. The first kappa shape index (κ1) is 17.9. The first-order valence-corrected chi connectivity index (χ1v) is 7.79. The predicted octanol–water partition coefficient (Wildman–Crippen LogP) is 2.77. The molecule has 3 aromatic rings. The molecule has 10 heteroatoms. The van der Waals surface area contributed by atoms with Gasteiger partial charge in [0.05, 0.1) is 18.7 Å². The van der Waals surface area contributed by atoms with Gasteiger partial charge in [0.15, 0.2) is 0 Å². The molecule has 0 radical (unpaired) electrons. The van der Waals surface area contributed by atoms with E-state index in [2.05, 4.69) is 20.4 Å². The Hall–Kier alpha value is -2.91. The zero-order valence-electron chi connectivity index (χ0n) is 14.3. The predicted molar refractivity (Wildman–Crippen MR) is 84.2 cm³/mol. The molecule has 0 aliphatic rings. The number of hydrogen-bond donors (Lipinski definition) is 1. The second-order valence-corrected chi connectivity index (χ2v) is 5.89. The van der Waals surface area contributed by atoms with Gasteiger partial charge in [-0.15, -0.1) is 5.10 Å². The van der Waals surface area contributed by atoms with Gasteiger partial charge in [-0.1, -0.05) is 0 Å². The van der Waals surface area contributed by atoms with Crippen molar-refractivity contribution >= 4 is 11.7 Å². The second-order valence-electron chi connectivity index (χ2n) is 5.89. The molecule has 26 heavy (non-hydrogen) atoms. The van der Waals surface area contributed by atoms with Gasteiger partial charge in [-0.2, -0.15) is 18.2 Å². The van der Waals surface area contributed by atoms with Gasteiger partial charge in [-0.3, -0.25) is 4.79 Å². The lowest BCUT2D eigenvalue weighted by Crippen LogP contribution is -2.28. The largest absolute Gasteiger partial charge is 0.467 e. The number of alkyl halides is 3. The normalized spacial score (nSPS) is 13.2. The fourth-order valence-electron chi connectivity index (χ4n) is 2.65. The van der Waals surface area contributed by atoms with Crippen molar-refractivity contribution in [1.29, 1.82) is 0 Å². The summed E-state index contributed by atoms with van der Waals surface area (Å²) in [6.07, 6.45) is -3.20. The van der Waals surface area contributed by atoms with Gasteiger partial charge in [0.2, 0.25) is 5.91 Å². The van der Waals surface area contributed by atoms with Gasteiger partial charge in [-0.25, -0.2) is 9.50 Å². The van der Waals surface area contributed by atoms with E-state index in [4.69, 9.17) is 4.42 Å². The van der Waals surface area contributed by atoms with Gasteiger partial charge < -0.3 is 9.73 Å². The summed E-state index contributed by atoms with van der Waals surface area (Å²) in [6, 6.07) is 3.12. The van der Waals surface area contributed by atoms with E-state index in [-0.39, 0.29) is 24.1 Å². The van der Waals surface area contributed by atoms with E-state index < -0.39 is 12.0 Å². The lowest BCUT2D eigenvalue weighted by Gasteiger charge is -2.13. The molecule has 0 aromatic carbocycles. The van der Waals surface area contributed by atoms with Crippen molar-refractivity contribution in [2.45, 2.75) is 39.4 Å². The second kappa shape index (κ2) is 6.43. The monoisotopic (exact) mass is 367 g/mol. The Morgan fingerprint density at radius 1 is 1.35 bits per heavy atom. The maximum Gasteiger partial charge on any atom is 0.453 e. The van der Waals surface area contributed by atoms with E-state index in [0.717, 1.165) is 4.52 Å². The number of hydrogen-bond acceptors (Lipinski definition) is 5. The molecule has 0 aliphatic heterocycles. The molecule has 0 saturated heterocycles. The number of nitrogens with one attached hydrogen (secondary N) is 1. The number of halogens is 3. The van der Waals surface area contributed by atoms with Crippen molar-refractivity contribution in [3.8, 4) is 0 Å². The molecule has 0 spiro atoms. The van der Waals surface area contributed by atoms with E-state index in [1.54, 1.807) is 32.9 Å². The lowest BCUT2D eigenvalue weighted by molar-refractivity contribution is -0.144. The number of carbonyl (C=O) groups excluding carboxylic acids is 1. The Morgan fingerprint density at radius 2 is 2.08 bits per heavy atom. The highest BCUT2D eigenvalue weighted by Crippen LogP contribution is 2.27. The van der Waals surface area contributed by atoms with Gasteiger partial charge in [0.25, 0.3) is 11.6 Å². The molecule has 3 heterocycles. The number of fused-ring (bicyclic) bond motifs is 1. The molecule has 1 N–H and O–H groups in total. The summed E-state index contributed by atoms with van der Waals surface area (Å²) < 4.78 is 44.7. The minimum atomic E-state index is -4.66. The molecule has 0 saturated carbocycles. The highest BCUT2D eigenvalue weighted by atomic mass is 19.4. The smallest absolute Gasteiger partial charge is 0.453 e. The van der Waals surface area contributed by atoms with Crippen LogP contribution in [0.1, 0.15) is 41.5 Å². The van der Waals surface area contributed by atoms with Crippen molar-refractivity contribution < 1.29 is 22.4 Å². The Morgan fingerprint density at radius 3 is 2.69 bits per heavy atom. The Balaban J connectivity index is 1.86. The van der Waals surface area contributed by atoms with Crippen LogP contribution in [-0.4, -0.2) is 25.5 Å². The van der Waals surface area contributed by atoms with Crippen LogP contribution in [0.2, 0.25) is 0 Å². The zero-order chi connectivity index (χ0) is 19.1. The first-order valence-electron chi connectivity index (χ1n) is 7.79.